The van der Waals surface area contributed by atoms with E-state index in [1.807, 2.05) is 0 Å². The first-order valence-electron chi connectivity index (χ1n) is 5.01. The van der Waals surface area contributed by atoms with Crippen molar-refractivity contribution in [3.8, 4) is 0 Å². The second-order valence-electron chi connectivity index (χ2n) is 3.93. The quantitative estimate of drug-likeness (QED) is 0.685. The van der Waals surface area contributed by atoms with Crippen molar-refractivity contribution in [3.63, 3.8) is 0 Å². The number of benzene rings is 1. The van der Waals surface area contributed by atoms with Gasteiger partial charge in [0.1, 0.15) is 0 Å². The molecule has 0 fully saturated rings. The SMILES string of the molecule is CCC(c1ccc(F)c(F)c1)C(C)C. The van der Waals surface area contributed by atoms with E-state index in [0.717, 1.165) is 12.0 Å². The number of hydrogen-bond acceptors (Lipinski definition) is 0. The lowest BCUT2D eigenvalue weighted by Crippen LogP contribution is -2.06. The molecule has 0 aliphatic heterocycles. The van der Waals surface area contributed by atoms with Gasteiger partial charge in [-0.25, -0.2) is 8.78 Å². The van der Waals surface area contributed by atoms with Crippen molar-refractivity contribution in [2.45, 2.75) is 33.1 Å². The Morgan fingerprint density at radius 1 is 1.14 bits per heavy atom. The monoisotopic (exact) mass is 198 g/mol. The van der Waals surface area contributed by atoms with Crippen molar-refractivity contribution in [1.82, 2.24) is 0 Å². The van der Waals surface area contributed by atoms with Crippen LogP contribution in [0.4, 0.5) is 8.78 Å². The molecular weight excluding hydrogens is 182 g/mol. The smallest absolute Gasteiger partial charge is 0.159 e. The number of hydrogen-bond donors (Lipinski definition) is 0. The first-order chi connectivity index (χ1) is 6.56. The molecule has 1 atom stereocenters. The van der Waals surface area contributed by atoms with E-state index in [9.17, 15) is 8.78 Å². The van der Waals surface area contributed by atoms with E-state index >= 15 is 0 Å². The number of rotatable bonds is 3. The van der Waals surface area contributed by atoms with Crippen molar-refractivity contribution in [2.75, 3.05) is 0 Å². The van der Waals surface area contributed by atoms with E-state index in [1.54, 1.807) is 6.07 Å². The minimum absolute atomic E-state index is 0.310. The molecule has 1 unspecified atom stereocenters. The van der Waals surface area contributed by atoms with Crippen LogP contribution in [0.1, 0.15) is 38.7 Å². The zero-order chi connectivity index (χ0) is 10.7. The molecule has 0 N–H and O–H groups in total. The van der Waals surface area contributed by atoms with Crippen LogP contribution in [0.15, 0.2) is 18.2 Å². The van der Waals surface area contributed by atoms with Crippen LogP contribution in [-0.4, -0.2) is 0 Å². The summed E-state index contributed by atoms with van der Waals surface area (Å²) in [6, 6.07) is 4.19. The van der Waals surface area contributed by atoms with Gasteiger partial charge in [0, 0.05) is 0 Å². The van der Waals surface area contributed by atoms with E-state index < -0.39 is 11.6 Å². The maximum Gasteiger partial charge on any atom is 0.159 e. The van der Waals surface area contributed by atoms with Crippen LogP contribution in [0, 0.1) is 17.6 Å². The summed E-state index contributed by atoms with van der Waals surface area (Å²) in [6.45, 7) is 6.25. The lowest BCUT2D eigenvalue weighted by molar-refractivity contribution is 0.471. The highest BCUT2D eigenvalue weighted by Crippen LogP contribution is 2.28. The molecule has 14 heavy (non-hydrogen) atoms. The molecule has 0 spiro atoms. The van der Waals surface area contributed by atoms with Crippen molar-refractivity contribution in [1.29, 1.82) is 0 Å². The lowest BCUT2D eigenvalue weighted by Gasteiger charge is -2.19. The summed E-state index contributed by atoms with van der Waals surface area (Å²) in [5.41, 5.74) is 0.890. The van der Waals surface area contributed by atoms with Crippen LogP contribution in [0.2, 0.25) is 0 Å². The van der Waals surface area contributed by atoms with Gasteiger partial charge in [-0.15, -0.1) is 0 Å². The molecule has 0 aromatic heterocycles. The van der Waals surface area contributed by atoms with Gasteiger partial charge >= 0.3 is 0 Å². The van der Waals surface area contributed by atoms with Crippen LogP contribution in [0.25, 0.3) is 0 Å². The van der Waals surface area contributed by atoms with Gasteiger partial charge in [0.15, 0.2) is 11.6 Å². The molecule has 0 bridgehead atoms. The highest BCUT2D eigenvalue weighted by atomic mass is 19.2. The second kappa shape index (κ2) is 4.54. The lowest BCUT2D eigenvalue weighted by atomic mass is 9.86. The van der Waals surface area contributed by atoms with Gasteiger partial charge in [0.25, 0.3) is 0 Å². The fourth-order valence-electron chi connectivity index (χ4n) is 1.84. The Labute approximate surface area is 84.0 Å². The summed E-state index contributed by atoms with van der Waals surface area (Å²) < 4.78 is 25.7. The third-order valence-electron chi connectivity index (χ3n) is 2.62. The molecular formula is C12H16F2. The van der Waals surface area contributed by atoms with Crippen LogP contribution >= 0.6 is 0 Å². The first kappa shape index (κ1) is 11.2. The molecule has 1 rings (SSSR count). The first-order valence-corrected chi connectivity index (χ1v) is 5.01. The summed E-state index contributed by atoms with van der Waals surface area (Å²) in [5.74, 6) is -0.760. The van der Waals surface area contributed by atoms with Crippen molar-refractivity contribution in [2.24, 2.45) is 5.92 Å². The Hall–Kier alpha value is -0.920. The zero-order valence-electron chi connectivity index (χ0n) is 8.85. The fourth-order valence-corrected chi connectivity index (χ4v) is 1.84. The maximum atomic E-state index is 13.0. The summed E-state index contributed by atoms with van der Waals surface area (Å²) in [7, 11) is 0. The summed E-state index contributed by atoms with van der Waals surface area (Å²) in [5, 5.41) is 0. The largest absolute Gasteiger partial charge is 0.204 e. The van der Waals surface area contributed by atoms with Crippen LogP contribution in [0.3, 0.4) is 0 Å². The topological polar surface area (TPSA) is 0 Å². The molecule has 0 amide bonds. The van der Waals surface area contributed by atoms with Gasteiger partial charge in [-0.2, -0.15) is 0 Å². The van der Waals surface area contributed by atoms with E-state index in [-0.39, 0.29) is 0 Å². The van der Waals surface area contributed by atoms with Crippen LogP contribution in [-0.2, 0) is 0 Å². The molecule has 2 heteroatoms. The van der Waals surface area contributed by atoms with E-state index in [4.69, 9.17) is 0 Å². The highest BCUT2D eigenvalue weighted by Gasteiger charge is 2.15. The Morgan fingerprint density at radius 3 is 2.21 bits per heavy atom. The molecule has 1 aromatic rings. The average Bonchev–Trinajstić information content (AvgIpc) is 2.11. The molecule has 0 saturated heterocycles. The van der Waals surface area contributed by atoms with Crippen molar-refractivity contribution in [3.05, 3.63) is 35.4 Å². The number of halogens is 2. The van der Waals surface area contributed by atoms with Crippen molar-refractivity contribution >= 4 is 0 Å². The summed E-state index contributed by atoms with van der Waals surface area (Å²) >= 11 is 0. The highest BCUT2D eigenvalue weighted by molar-refractivity contribution is 5.22. The Bertz CT molecular complexity index is 305. The Kier molecular flexibility index (Phi) is 3.62. The third kappa shape index (κ3) is 2.31. The van der Waals surface area contributed by atoms with Gasteiger partial charge in [-0.05, 0) is 36.0 Å². The molecule has 0 nitrogen and oxygen atoms in total. The van der Waals surface area contributed by atoms with E-state index in [1.165, 1.54) is 12.1 Å². The standard InChI is InChI=1S/C12H16F2/c1-4-10(8(2)3)9-5-6-11(13)12(14)7-9/h5-8,10H,4H2,1-3H3. The van der Waals surface area contributed by atoms with Gasteiger partial charge in [-0.1, -0.05) is 26.8 Å². The Balaban J connectivity index is 3.00. The zero-order valence-corrected chi connectivity index (χ0v) is 8.85. The van der Waals surface area contributed by atoms with Gasteiger partial charge in [0.05, 0.1) is 0 Å². The summed E-state index contributed by atoms with van der Waals surface area (Å²) in [4.78, 5) is 0. The predicted octanol–water partition coefficient (Wildman–Crippen LogP) is 4.11. The molecule has 0 heterocycles. The molecule has 0 aliphatic carbocycles. The molecule has 1 aromatic carbocycles. The van der Waals surface area contributed by atoms with Gasteiger partial charge in [0.2, 0.25) is 0 Å². The molecule has 0 radical (unpaired) electrons. The molecule has 0 saturated carbocycles. The molecule has 78 valence electrons. The van der Waals surface area contributed by atoms with Crippen molar-refractivity contribution < 1.29 is 8.78 Å². The van der Waals surface area contributed by atoms with Crippen LogP contribution < -0.4 is 0 Å². The Morgan fingerprint density at radius 2 is 1.79 bits per heavy atom. The third-order valence-corrected chi connectivity index (χ3v) is 2.62. The van der Waals surface area contributed by atoms with Gasteiger partial charge in [-0.3, -0.25) is 0 Å². The van der Waals surface area contributed by atoms with Gasteiger partial charge < -0.3 is 0 Å². The van der Waals surface area contributed by atoms with Crippen LogP contribution in [0.5, 0.6) is 0 Å². The van der Waals surface area contributed by atoms with E-state index in [2.05, 4.69) is 20.8 Å². The minimum atomic E-state index is -0.771. The predicted molar refractivity (Wildman–Crippen MR) is 54.2 cm³/mol. The minimum Gasteiger partial charge on any atom is -0.204 e. The fraction of sp³-hybridized carbons (Fsp3) is 0.500. The average molecular weight is 198 g/mol. The summed E-state index contributed by atoms with van der Waals surface area (Å²) in [6.07, 6.45) is 0.947. The van der Waals surface area contributed by atoms with E-state index in [0.29, 0.717) is 11.8 Å². The second-order valence-corrected chi connectivity index (χ2v) is 3.93. The maximum absolute atomic E-state index is 13.0. The normalized spacial score (nSPS) is 13.3. The molecule has 0 aliphatic rings.